The van der Waals surface area contributed by atoms with Crippen molar-refractivity contribution in [3.05, 3.63) is 71.7 Å². The van der Waals surface area contributed by atoms with Gasteiger partial charge in [-0.2, -0.15) is 0 Å². The van der Waals surface area contributed by atoms with Crippen molar-refractivity contribution in [3.8, 4) is 11.3 Å². The minimum atomic E-state index is -1.41. The van der Waals surface area contributed by atoms with Crippen LogP contribution in [0.3, 0.4) is 0 Å². The molecule has 8 heteroatoms. The average molecular weight is 412 g/mol. The van der Waals surface area contributed by atoms with Crippen LogP contribution in [0.1, 0.15) is 28.9 Å². The minimum absolute atomic E-state index is 0.141. The Bertz CT molecular complexity index is 991. The predicted octanol–water partition coefficient (Wildman–Crippen LogP) is 3.77. The number of amides is 1. The van der Waals surface area contributed by atoms with E-state index in [2.05, 4.69) is 19.9 Å². The summed E-state index contributed by atoms with van der Waals surface area (Å²) in [5.74, 6) is -0.141. The van der Waals surface area contributed by atoms with Crippen molar-refractivity contribution in [3.63, 3.8) is 0 Å². The maximum absolute atomic E-state index is 15.3. The standard InChI is InChI=1S/C21H19ClFN5O/c22-18-14-26-16(13-27-18)12-21(23)5-10-28(11-6-21)20(29)17-2-1-7-25-19(17)15-3-8-24-9-4-15/h1-4,7-9,13-14H,5-6,10-12H2. The number of carbonyl (C=O) groups is 1. The first-order valence-corrected chi connectivity index (χ1v) is 9.72. The maximum atomic E-state index is 15.3. The molecule has 1 aliphatic heterocycles. The molecule has 1 saturated heterocycles. The number of carbonyl (C=O) groups excluding carboxylic acids is 1. The molecular formula is C21H19ClFN5O. The number of nitrogens with zero attached hydrogens (tertiary/aromatic N) is 5. The van der Waals surface area contributed by atoms with Crippen molar-refractivity contribution >= 4 is 17.5 Å². The third-order valence-corrected chi connectivity index (χ3v) is 5.31. The molecule has 0 atom stereocenters. The minimum Gasteiger partial charge on any atom is -0.338 e. The third kappa shape index (κ3) is 4.40. The number of rotatable bonds is 4. The van der Waals surface area contributed by atoms with Crippen molar-refractivity contribution in [1.82, 2.24) is 24.8 Å². The highest BCUT2D eigenvalue weighted by atomic mass is 35.5. The maximum Gasteiger partial charge on any atom is 0.256 e. The second kappa shape index (κ2) is 8.21. The van der Waals surface area contributed by atoms with Crippen LogP contribution in [0.15, 0.2) is 55.2 Å². The first-order chi connectivity index (χ1) is 14.0. The SMILES string of the molecule is O=C(c1cccnc1-c1ccncc1)N1CCC(F)(Cc2cnc(Cl)cn2)CC1. The zero-order valence-electron chi connectivity index (χ0n) is 15.6. The Morgan fingerprint density at radius 2 is 1.83 bits per heavy atom. The van der Waals surface area contributed by atoms with Gasteiger partial charge >= 0.3 is 0 Å². The second-order valence-corrected chi connectivity index (χ2v) is 7.47. The van der Waals surface area contributed by atoms with Crippen molar-refractivity contribution in [2.75, 3.05) is 13.1 Å². The van der Waals surface area contributed by atoms with Crippen LogP contribution in [0.25, 0.3) is 11.3 Å². The first-order valence-electron chi connectivity index (χ1n) is 9.34. The largest absolute Gasteiger partial charge is 0.338 e. The van der Waals surface area contributed by atoms with Gasteiger partial charge in [-0.3, -0.25) is 19.7 Å². The molecule has 0 N–H and O–H groups in total. The Morgan fingerprint density at radius 1 is 1.07 bits per heavy atom. The molecule has 3 aromatic heterocycles. The molecule has 1 amide bonds. The van der Waals surface area contributed by atoms with Crippen molar-refractivity contribution in [2.24, 2.45) is 0 Å². The normalized spacial score (nSPS) is 15.9. The summed E-state index contributed by atoms with van der Waals surface area (Å²) in [6.07, 6.45) is 8.55. The fourth-order valence-electron chi connectivity index (χ4n) is 3.53. The Balaban J connectivity index is 1.47. The van der Waals surface area contributed by atoms with Crippen LogP contribution in [0.2, 0.25) is 5.15 Å². The van der Waals surface area contributed by atoms with E-state index in [4.69, 9.17) is 11.6 Å². The lowest BCUT2D eigenvalue weighted by molar-refractivity contribution is 0.0433. The molecule has 0 aliphatic carbocycles. The van der Waals surface area contributed by atoms with Gasteiger partial charge in [-0.05, 0) is 37.1 Å². The van der Waals surface area contributed by atoms with E-state index in [0.29, 0.717) is 30.0 Å². The number of halogens is 2. The quantitative estimate of drug-likeness (QED) is 0.653. The molecule has 0 spiro atoms. The van der Waals surface area contributed by atoms with Gasteiger partial charge in [-0.1, -0.05) is 11.6 Å². The molecule has 29 heavy (non-hydrogen) atoms. The van der Waals surface area contributed by atoms with Crippen LogP contribution in [0.4, 0.5) is 4.39 Å². The lowest BCUT2D eigenvalue weighted by atomic mass is 9.88. The van der Waals surface area contributed by atoms with E-state index < -0.39 is 5.67 Å². The molecule has 0 saturated carbocycles. The van der Waals surface area contributed by atoms with Gasteiger partial charge in [-0.15, -0.1) is 0 Å². The van der Waals surface area contributed by atoms with Crippen LogP contribution < -0.4 is 0 Å². The summed E-state index contributed by atoms with van der Waals surface area (Å²) in [5, 5.41) is 0.281. The molecule has 6 nitrogen and oxygen atoms in total. The summed E-state index contributed by atoms with van der Waals surface area (Å²) in [4.78, 5) is 31.3. The molecule has 0 unspecified atom stereocenters. The molecule has 0 radical (unpaired) electrons. The summed E-state index contributed by atoms with van der Waals surface area (Å²) in [6.45, 7) is 0.669. The zero-order valence-corrected chi connectivity index (χ0v) is 16.4. The smallest absolute Gasteiger partial charge is 0.256 e. The van der Waals surface area contributed by atoms with Crippen LogP contribution in [-0.2, 0) is 6.42 Å². The lowest BCUT2D eigenvalue weighted by Crippen LogP contribution is -2.45. The van der Waals surface area contributed by atoms with Gasteiger partial charge < -0.3 is 4.90 Å². The zero-order chi connectivity index (χ0) is 20.3. The Morgan fingerprint density at radius 3 is 2.52 bits per heavy atom. The van der Waals surface area contributed by atoms with Crippen molar-refractivity contribution in [2.45, 2.75) is 24.9 Å². The molecule has 4 rings (SSSR count). The summed E-state index contributed by atoms with van der Waals surface area (Å²) in [5.41, 5.74) is 1.08. The van der Waals surface area contributed by atoms with E-state index in [1.54, 1.807) is 35.6 Å². The van der Waals surface area contributed by atoms with Gasteiger partial charge in [0.05, 0.1) is 29.3 Å². The Labute approximate surface area is 172 Å². The van der Waals surface area contributed by atoms with Crippen LogP contribution in [0.5, 0.6) is 0 Å². The molecule has 1 aliphatic rings. The van der Waals surface area contributed by atoms with E-state index in [1.165, 1.54) is 12.4 Å². The molecule has 3 aromatic rings. The summed E-state index contributed by atoms with van der Waals surface area (Å²) >= 11 is 5.74. The Hall–Kier alpha value is -2.93. The second-order valence-electron chi connectivity index (χ2n) is 7.09. The van der Waals surface area contributed by atoms with Gasteiger partial charge in [0.25, 0.3) is 5.91 Å². The van der Waals surface area contributed by atoms with Gasteiger partial charge in [0.15, 0.2) is 0 Å². The van der Waals surface area contributed by atoms with Gasteiger partial charge in [0, 0.05) is 43.7 Å². The molecule has 0 aromatic carbocycles. The number of hydrogen-bond donors (Lipinski definition) is 0. The van der Waals surface area contributed by atoms with Crippen LogP contribution in [0, 0.1) is 0 Å². The van der Waals surface area contributed by atoms with E-state index in [9.17, 15) is 4.79 Å². The summed E-state index contributed by atoms with van der Waals surface area (Å²) in [6, 6.07) is 7.12. The molecular weight excluding hydrogens is 393 g/mol. The van der Waals surface area contributed by atoms with Gasteiger partial charge in [0.2, 0.25) is 0 Å². The highest BCUT2D eigenvalue weighted by molar-refractivity contribution is 6.29. The van der Waals surface area contributed by atoms with Gasteiger partial charge in [-0.25, -0.2) is 9.37 Å². The van der Waals surface area contributed by atoms with E-state index in [1.807, 2.05) is 12.1 Å². The van der Waals surface area contributed by atoms with Gasteiger partial charge in [0.1, 0.15) is 10.8 Å². The number of likely N-dealkylation sites (tertiary alicyclic amines) is 1. The van der Waals surface area contributed by atoms with Crippen LogP contribution >= 0.6 is 11.6 Å². The molecule has 4 heterocycles. The lowest BCUT2D eigenvalue weighted by Gasteiger charge is -2.36. The number of aromatic nitrogens is 4. The van der Waals surface area contributed by atoms with E-state index in [-0.39, 0.29) is 30.3 Å². The topological polar surface area (TPSA) is 71.9 Å². The average Bonchev–Trinajstić information content (AvgIpc) is 2.76. The summed E-state index contributed by atoms with van der Waals surface area (Å²) < 4.78 is 15.3. The molecule has 0 bridgehead atoms. The predicted molar refractivity (Wildman–Crippen MR) is 107 cm³/mol. The number of piperidine rings is 1. The highest BCUT2D eigenvalue weighted by Gasteiger charge is 2.37. The molecule has 148 valence electrons. The third-order valence-electron chi connectivity index (χ3n) is 5.11. The first kappa shape index (κ1) is 19.4. The number of hydrogen-bond acceptors (Lipinski definition) is 5. The number of alkyl halides is 1. The fourth-order valence-corrected chi connectivity index (χ4v) is 3.63. The summed E-state index contributed by atoms with van der Waals surface area (Å²) in [7, 11) is 0. The van der Waals surface area contributed by atoms with Crippen LogP contribution in [-0.4, -0.2) is 49.5 Å². The Kier molecular flexibility index (Phi) is 5.49. The van der Waals surface area contributed by atoms with Crippen molar-refractivity contribution < 1.29 is 9.18 Å². The monoisotopic (exact) mass is 411 g/mol. The molecule has 1 fully saturated rings. The van der Waals surface area contributed by atoms with Crippen molar-refractivity contribution in [1.29, 1.82) is 0 Å². The number of pyridine rings is 2. The van der Waals surface area contributed by atoms with E-state index in [0.717, 1.165) is 5.56 Å². The van der Waals surface area contributed by atoms with E-state index >= 15 is 4.39 Å². The fraction of sp³-hybridized carbons (Fsp3) is 0.286. The highest BCUT2D eigenvalue weighted by Crippen LogP contribution is 2.31.